The van der Waals surface area contributed by atoms with Crippen molar-refractivity contribution in [2.24, 2.45) is 0 Å². The molecule has 0 aliphatic rings. The minimum absolute atomic E-state index is 0.171. The van der Waals surface area contributed by atoms with Gasteiger partial charge in [0.15, 0.2) is 0 Å². The minimum atomic E-state index is -0.171. The number of thiophene rings is 1. The van der Waals surface area contributed by atoms with Gasteiger partial charge in [-0.25, -0.2) is 4.39 Å². The van der Waals surface area contributed by atoms with E-state index in [1.165, 1.54) is 10.9 Å². The topological polar surface area (TPSA) is 21.3 Å². The number of nitrogens with one attached hydrogen (secondary N) is 1. The van der Waals surface area contributed by atoms with Gasteiger partial charge in [-0.15, -0.1) is 11.3 Å². The van der Waals surface area contributed by atoms with E-state index in [2.05, 4.69) is 22.8 Å². The fraction of sp³-hybridized carbons (Fsp3) is 0.375. The molecule has 0 saturated heterocycles. The molecule has 0 spiro atoms. The van der Waals surface area contributed by atoms with Crippen LogP contribution in [-0.2, 0) is 11.2 Å². The zero-order valence-corrected chi connectivity index (χ0v) is 12.5. The third-order valence-corrected chi connectivity index (χ3v) is 4.12. The van der Waals surface area contributed by atoms with Gasteiger partial charge in [0.05, 0.1) is 6.61 Å². The Hall–Kier alpha value is -1.23. The summed E-state index contributed by atoms with van der Waals surface area (Å²) in [5, 5.41) is 5.45. The summed E-state index contributed by atoms with van der Waals surface area (Å²) in [5.41, 5.74) is 1.04. The summed E-state index contributed by atoms with van der Waals surface area (Å²) in [5.74, 6) is 0.108. The minimum Gasteiger partial charge on any atom is -0.383 e. The van der Waals surface area contributed by atoms with E-state index in [-0.39, 0.29) is 11.7 Å². The van der Waals surface area contributed by atoms with Crippen molar-refractivity contribution in [2.45, 2.75) is 12.3 Å². The molecular formula is C16H20FNOS. The first kappa shape index (κ1) is 15.2. The molecule has 0 fully saturated rings. The summed E-state index contributed by atoms with van der Waals surface area (Å²) in [6.45, 7) is 2.33. The molecule has 20 heavy (non-hydrogen) atoms. The fourth-order valence-electron chi connectivity index (χ4n) is 2.19. The monoisotopic (exact) mass is 293 g/mol. The summed E-state index contributed by atoms with van der Waals surface area (Å²) in [4.78, 5) is 1.33. The Morgan fingerprint density at radius 3 is 2.90 bits per heavy atom. The largest absolute Gasteiger partial charge is 0.383 e. The van der Waals surface area contributed by atoms with E-state index in [1.807, 2.05) is 6.07 Å². The number of halogens is 1. The van der Waals surface area contributed by atoms with Crippen molar-refractivity contribution < 1.29 is 9.13 Å². The SMILES string of the molecule is COCCNCC(Cc1cccs1)c1cccc(F)c1. The molecule has 0 radical (unpaired) electrons. The predicted molar refractivity (Wildman–Crippen MR) is 81.9 cm³/mol. The molecule has 2 aromatic rings. The average molecular weight is 293 g/mol. The van der Waals surface area contributed by atoms with Crippen LogP contribution in [0.4, 0.5) is 4.39 Å². The lowest BCUT2D eigenvalue weighted by atomic mass is 9.95. The Bertz CT molecular complexity index is 501. The second-order valence-corrected chi connectivity index (χ2v) is 5.76. The highest BCUT2D eigenvalue weighted by molar-refractivity contribution is 7.09. The first-order valence-corrected chi connectivity index (χ1v) is 7.65. The lowest BCUT2D eigenvalue weighted by molar-refractivity contribution is 0.199. The molecule has 2 rings (SSSR count). The van der Waals surface area contributed by atoms with Gasteiger partial charge in [-0.1, -0.05) is 18.2 Å². The van der Waals surface area contributed by atoms with Gasteiger partial charge in [0.1, 0.15) is 5.82 Å². The van der Waals surface area contributed by atoms with E-state index in [9.17, 15) is 4.39 Å². The zero-order valence-electron chi connectivity index (χ0n) is 11.6. The first-order chi connectivity index (χ1) is 9.79. The van der Waals surface area contributed by atoms with E-state index >= 15 is 0 Å². The van der Waals surface area contributed by atoms with Crippen LogP contribution < -0.4 is 5.32 Å². The van der Waals surface area contributed by atoms with E-state index < -0.39 is 0 Å². The van der Waals surface area contributed by atoms with Gasteiger partial charge >= 0.3 is 0 Å². The van der Waals surface area contributed by atoms with Crippen molar-refractivity contribution in [3.63, 3.8) is 0 Å². The van der Waals surface area contributed by atoms with Gasteiger partial charge < -0.3 is 10.1 Å². The zero-order chi connectivity index (χ0) is 14.2. The summed E-state index contributed by atoms with van der Waals surface area (Å²) in [6, 6.07) is 11.1. The van der Waals surface area contributed by atoms with Crippen molar-refractivity contribution in [2.75, 3.05) is 26.8 Å². The smallest absolute Gasteiger partial charge is 0.123 e. The van der Waals surface area contributed by atoms with Gasteiger partial charge in [0.25, 0.3) is 0 Å². The standard InChI is InChI=1S/C16H20FNOS/c1-19-8-7-18-12-14(11-16-6-3-9-20-16)13-4-2-5-15(17)10-13/h2-6,9-10,14,18H,7-8,11-12H2,1H3. The van der Waals surface area contributed by atoms with Crippen LogP contribution in [0.25, 0.3) is 0 Å². The first-order valence-electron chi connectivity index (χ1n) is 6.77. The maximum absolute atomic E-state index is 13.4. The number of hydrogen-bond donors (Lipinski definition) is 1. The van der Waals surface area contributed by atoms with E-state index in [1.54, 1.807) is 30.6 Å². The summed E-state index contributed by atoms with van der Waals surface area (Å²) in [6.07, 6.45) is 0.932. The third-order valence-electron chi connectivity index (χ3n) is 3.22. The second kappa shape index (κ2) is 8.15. The summed E-state index contributed by atoms with van der Waals surface area (Å²) < 4.78 is 18.4. The Balaban J connectivity index is 2.03. The highest BCUT2D eigenvalue weighted by Gasteiger charge is 2.13. The highest BCUT2D eigenvalue weighted by atomic mass is 32.1. The molecule has 0 amide bonds. The Labute approximate surface area is 123 Å². The number of benzene rings is 1. The molecule has 0 bridgehead atoms. The predicted octanol–water partition coefficient (Wildman–Crippen LogP) is 3.45. The quantitative estimate of drug-likeness (QED) is 0.753. The van der Waals surface area contributed by atoms with Crippen LogP contribution in [0.2, 0.25) is 0 Å². The molecule has 1 unspecified atom stereocenters. The molecular weight excluding hydrogens is 273 g/mol. The van der Waals surface area contributed by atoms with Crippen molar-refractivity contribution >= 4 is 11.3 Å². The second-order valence-electron chi connectivity index (χ2n) is 4.73. The Morgan fingerprint density at radius 1 is 1.30 bits per heavy atom. The van der Waals surface area contributed by atoms with Crippen molar-refractivity contribution in [1.29, 1.82) is 0 Å². The number of hydrogen-bond acceptors (Lipinski definition) is 3. The Kier molecular flexibility index (Phi) is 6.18. The molecule has 0 saturated carbocycles. The van der Waals surface area contributed by atoms with Crippen LogP contribution in [-0.4, -0.2) is 26.8 Å². The lowest BCUT2D eigenvalue weighted by Crippen LogP contribution is -2.26. The van der Waals surface area contributed by atoms with Crippen molar-refractivity contribution in [1.82, 2.24) is 5.32 Å². The highest BCUT2D eigenvalue weighted by Crippen LogP contribution is 2.23. The fourth-order valence-corrected chi connectivity index (χ4v) is 2.98. The molecule has 0 aliphatic carbocycles. The van der Waals surface area contributed by atoms with Gasteiger partial charge in [-0.2, -0.15) is 0 Å². The molecule has 1 heterocycles. The molecule has 0 aliphatic heterocycles. The van der Waals surface area contributed by atoms with E-state index in [0.717, 1.165) is 25.1 Å². The Morgan fingerprint density at radius 2 is 2.20 bits per heavy atom. The summed E-state index contributed by atoms with van der Waals surface area (Å²) in [7, 11) is 1.69. The average Bonchev–Trinajstić information content (AvgIpc) is 2.95. The summed E-state index contributed by atoms with van der Waals surface area (Å²) >= 11 is 1.75. The molecule has 1 aromatic carbocycles. The van der Waals surface area contributed by atoms with Crippen LogP contribution in [0.5, 0.6) is 0 Å². The van der Waals surface area contributed by atoms with Gasteiger partial charge in [-0.3, -0.25) is 0 Å². The third kappa shape index (κ3) is 4.71. The molecule has 108 valence electrons. The van der Waals surface area contributed by atoms with Gasteiger partial charge in [-0.05, 0) is 35.6 Å². The van der Waals surface area contributed by atoms with Crippen molar-refractivity contribution in [3.05, 3.63) is 58.0 Å². The van der Waals surface area contributed by atoms with Crippen LogP contribution in [0.3, 0.4) is 0 Å². The molecule has 1 atom stereocenters. The lowest BCUT2D eigenvalue weighted by Gasteiger charge is -2.17. The maximum atomic E-state index is 13.4. The van der Waals surface area contributed by atoms with E-state index in [4.69, 9.17) is 4.74 Å². The van der Waals surface area contributed by atoms with Crippen LogP contribution in [0.15, 0.2) is 41.8 Å². The van der Waals surface area contributed by atoms with Gasteiger partial charge in [0, 0.05) is 31.0 Å². The molecule has 1 aromatic heterocycles. The number of rotatable bonds is 8. The van der Waals surface area contributed by atoms with Crippen LogP contribution in [0, 0.1) is 5.82 Å². The van der Waals surface area contributed by atoms with E-state index in [0.29, 0.717) is 6.61 Å². The molecule has 4 heteroatoms. The number of methoxy groups -OCH3 is 1. The van der Waals surface area contributed by atoms with Crippen molar-refractivity contribution in [3.8, 4) is 0 Å². The number of ether oxygens (including phenoxy) is 1. The normalized spacial score (nSPS) is 12.5. The van der Waals surface area contributed by atoms with Crippen LogP contribution >= 0.6 is 11.3 Å². The molecule has 2 nitrogen and oxygen atoms in total. The van der Waals surface area contributed by atoms with Crippen LogP contribution in [0.1, 0.15) is 16.4 Å². The van der Waals surface area contributed by atoms with Gasteiger partial charge in [0.2, 0.25) is 0 Å². The molecule has 1 N–H and O–H groups in total. The maximum Gasteiger partial charge on any atom is 0.123 e.